The van der Waals surface area contributed by atoms with Gasteiger partial charge >= 0.3 is 6.43 Å². The number of ether oxygens (including phenoxy) is 1. The van der Waals surface area contributed by atoms with Crippen LogP contribution in [0, 0.1) is 17.5 Å². The summed E-state index contributed by atoms with van der Waals surface area (Å²) in [5, 5.41) is 11.8. The van der Waals surface area contributed by atoms with Gasteiger partial charge in [-0.25, -0.2) is 0 Å². The average Bonchev–Trinajstić information content (AvgIpc) is 3.10. The van der Waals surface area contributed by atoms with Crippen molar-refractivity contribution >= 4 is 22.6 Å². The van der Waals surface area contributed by atoms with Crippen molar-refractivity contribution in [1.29, 1.82) is 0 Å². The van der Waals surface area contributed by atoms with Crippen LogP contribution in [0.1, 0.15) is 35.6 Å². The van der Waals surface area contributed by atoms with Crippen molar-refractivity contribution in [2.45, 2.75) is 33.1 Å². The van der Waals surface area contributed by atoms with Crippen molar-refractivity contribution < 1.29 is 18.0 Å². The Balaban J connectivity index is 1.62. The highest BCUT2D eigenvalue weighted by molar-refractivity contribution is 14.1. The number of rotatable bonds is 7. The predicted molar refractivity (Wildman–Crippen MR) is 103 cm³/mol. The van der Waals surface area contributed by atoms with Gasteiger partial charge in [-0.1, -0.05) is 5.16 Å². The highest BCUT2D eigenvalue weighted by Gasteiger charge is 2.19. The molecule has 0 aliphatic heterocycles. The van der Waals surface area contributed by atoms with E-state index >= 15 is 0 Å². The van der Waals surface area contributed by atoms with E-state index in [1.807, 2.05) is 38.1 Å². The summed E-state index contributed by atoms with van der Waals surface area (Å²) >= 11 is 2.12. The van der Waals surface area contributed by atoms with Gasteiger partial charge in [0.25, 0.3) is 5.89 Å². The molecular weight excluding hydrogens is 469 g/mol. The summed E-state index contributed by atoms with van der Waals surface area (Å²) in [5.74, 6) is 0.187. The molecule has 0 radical (unpaired) electrons. The molecule has 0 saturated carbocycles. The third kappa shape index (κ3) is 4.96. The van der Waals surface area contributed by atoms with Gasteiger partial charge in [0.1, 0.15) is 9.45 Å². The number of aryl methyl sites for hydroxylation is 3. The summed E-state index contributed by atoms with van der Waals surface area (Å²) in [4.78, 5) is 3.76. The van der Waals surface area contributed by atoms with Crippen LogP contribution < -0.4 is 4.74 Å². The Morgan fingerprint density at radius 2 is 1.89 bits per heavy atom. The Kier molecular flexibility index (Phi) is 6.30. The first-order valence-corrected chi connectivity index (χ1v) is 9.36. The van der Waals surface area contributed by atoms with Gasteiger partial charge in [-0.3, -0.25) is 0 Å². The largest absolute Gasteiger partial charge is 0.494 e. The third-order valence-corrected chi connectivity index (χ3v) is 4.47. The molecule has 0 spiro atoms. The summed E-state index contributed by atoms with van der Waals surface area (Å²) in [5.41, 5.74) is 3.26. The van der Waals surface area contributed by atoms with Gasteiger partial charge < -0.3 is 9.26 Å². The quantitative estimate of drug-likeness (QED) is 0.356. The van der Waals surface area contributed by atoms with Crippen molar-refractivity contribution in [3.05, 3.63) is 50.7 Å². The number of hydrogen-bond acceptors (Lipinski definition) is 6. The second-order valence-electron chi connectivity index (χ2n) is 5.99. The number of hydrogen-bond donors (Lipinski definition) is 0. The maximum absolute atomic E-state index is 12.7. The van der Waals surface area contributed by atoms with E-state index in [2.05, 4.69) is 47.5 Å². The van der Waals surface area contributed by atoms with Gasteiger partial charge in [0, 0.05) is 5.56 Å². The lowest BCUT2D eigenvalue weighted by atomic mass is 10.0. The second kappa shape index (κ2) is 8.68. The van der Waals surface area contributed by atoms with Gasteiger partial charge in [0.2, 0.25) is 5.82 Å². The lowest BCUT2D eigenvalue weighted by Gasteiger charge is -2.11. The second-order valence-corrected chi connectivity index (χ2v) is 7.09. The molecule has 9 heteroatoms. The average molecular weight is 486 g/mol. The van der Waals surface area contributed by atoms with Gasteiger partial charge in [0.05, 0.1) is 12.3 Å². The molecule has 142 valence electrons. The van der Waals surface area contributed by atoms with Crippen molar-refractivity contribution in [2.24, 2.45) is 0 Å². The standard InChI is InChI=1S/C18H17F2IN4O2/c1-10-8-13(26-7-3-4-12-5-6-14(21)24-23-12)9-11(2)15(10)17-22-18(16(19)20)27-25-17/h5-6,8-9,16H,3-4,7H2,1-2H3. The molecule has 27 heavy (non-hydrogen) atoms. The molecule has 0 amide bonds. The first-order valence-electron chi connectivity index (χ1n) is 8.28. The maximum atomic E-state index is 12.7. The molecule has 1 aromatic carbocycles. The fraction of sp³-hybridized carbons (Fsp3) is 0.333. The van der Waals surface area contributed by atoms with Gasteiger partial charge in [-0.05, 0) is 84.7 Å². The molecule has 0 N–H and O–H groups in total. The zero-order valence-corrected chi connectivity index (χ0v) is 16.9. The fourth-order valence-electron chi connectivity index (χ4n) is 2.71. The summed E-state index contributed by atoms with van der Waals surface area (Å²) in [6.07, 6.45) is -1.20. The van der Waals surface area contributed by atoms with E-state index < -0.39 is 12.3 Å². The summed E-state index contributed by atoms with van der Waals surface area (Å²) in [6, 6.07) is 7.56. The molecule has 2 heterocycles. The molecule has 0 aliphatic carbocycles. The van der Waals surface area contributed by atoms with E-state index in [0.29, 0.717) is 17.9 Å². The number of halogens is 3. The molecule has 0 atom stereocenters. The Morgan fingerprint density at radius 1 is 1.15 bits per heavy atom. The first kappa shape index (κ1) is 19.6. The SMILES string of the molecule is Cc1cc(OCCCc2ccc(I)nn2)cc(C)c1-c1noc(C(F)F)n1. The van der Waals surface area contributed by atoms with Gasteiger partial charge in [-0.2, -0.15) is 18.9 Å². The molecule has 0 bridgehead atoms. The van der Waals surface area contributed by atoms with E-state index in [-0.39, 0.29) is 5.82 Å². The van der Waals surface area contributed by atoms with Gasteiger partial charge in [0.15, 0.2) is 0 Å². The Hall–Kier alpha value is -2.17. The van der Waals surface area contributed by atoms with Crippen LogP contribution in [0.25, 0.3) is 11.4 Å². The van der Waals surface area contributed by atoms with Crippen LogP contribution in [0.4, 0.5) is 8.78 Å². The lowest BCUT2D eigenvalue weighted by molar-refractivity contribution is 0.106. The monoisotopic (exact) mass is 486 g/mol. The minimum Gasteiger partial charge on any atom is -0.494 e. The van der Waals surface area contributed by atoms with Crippen molar-refractivity contribution in [3.8, 4) is 17.1 Å². The summed E-state index contributed by atoms with van der Waals surface area (Å²) in [6.45, 7) is 4.24. The van der Waals surface area contributed by atoms with Crippen LogP contribution in [0.5, 0.6) is 5.75 Å². The summed E-state index contributed by atoms with van der Waals surface area (Å²) < 4.78 is 36.6. The van der Waals surface area contributed by atoms with E-state index in [4.69, 9.17) is 4.74 Å². The van der Waals surface area contributed by atoms with E-state index in [1.165, 1.54) is 0 Å². The van der Waals surface area contributed by atoms with Crippen molar-refractivity contribution in [2.75, 3.05) is 6.61 Å². The third-order valence-electron chi connectivity index (χ3n) is 3.89. The Morgan fingerprint density at radius 3 is 2.48 bits per heavy atom. The highest BCUT2D eigenvalue weighted by Crippen LogP contribution is 2.30. The molecule has 2 aromatic heterocycles. The maximum Gasteiger partial charge on any atom is 0.315 e. The van der Waals surface area contributed by atoms with Gasteiger partial charge in [-0.15, -0.1) is 5.10 Å². The molecule has 3 aromatic rings. The van der Waals surface area contributed by atoms with Crippen molar-refractivity contribution in [3.63, 3.8) is 0 Å². The molecule has 3 rings (SSSR count). The molecule has 0 saturated heterocycles. The van der Waals surface area contributed by atoms with Crippen LogP contribution in [-0.4, -0.2) is 26.9 Å². The topological polar surface area (TPSA) is 73.9 Å². The lowest BCUT2D eigenvalue weighted by Crippen LogP contribution is -2.02. The molecule has 0 fully saturated rings. The van der Waals surface area contributed by atoms with Crippen LogP contribution in [0.3, 0.4) is 0 Å². The predicted octanol–water partition coefficient (Wildman–Crippen LogP) is 4.70. The van der Waals surface area contributed by atoms with Crippen LogP contribution in [0.2, 0.25) is 0 Å². The molecule has 0 aliphatic rings. The molecular formula is C18H17F2IN4O2. The Bertz CT molecular complexity index is 893. The minimum absolute atomic E-state index is 0.157. The number of benzene rings is 1. The highest BCUT2D eigenvalue weighted by atomic mass is 127. The number of aromatic nitrogens is 4. The fourth-order valence-corrected chi connectivity index (χ4v) is 2.99. The minimum atomic E-state index is -2.78. The molecule has 0 unspecified atom stereocenters. The summed E-state index contributed by atoms with van der Waals surface area (Å²) in [7, 11) is 0. The van der Waals surface area contributed by atoms with E-state index in [0.717, 1.165) is 33.4 Å². The first-order chi connectivity index (χ1) is 12.9. The smallest absolute Gasteiger partial charge is 0.315 e. The van der Waals surface area contributed by atoms with Crippen LogP contribution >= 0.6 is 22.6 Å². The normalized spacial score (nSPS) is 11.2. The number of nitrogens with zero attached hydrogens (tertiary/aromatic N) is 4. The zero-order chi connectivity index (χ0) is 19.4. The molecule has 6 nitrogen and oxygen atoms in total. The van der Waals surface area contributed by atoms with E-state index in [1.54, 1.807) is 0 Å². The van der Waals surface area contributed by atoms with Crippen LogP contribution in [-0.2, 0) is 6.42 Å². The van der Waals surface area contributed by atoms with Crippen molar-refractivity contribution in [1.82, 2.24) is 20.3 Å². The van der Waals surface area contributed by atoms with E-state index in [9.17, 15) is 8.78 Å². The zero-order valence-electron chi connectivity index (χ0n) is 14.7. The number of alkyl halides is 2. The Labute approximate surface area is 168 Å². The van der Waals surface area contributed by atoms with Crippen LogP contribution in [0.15, 0.2) is 28.8 Å².